The first-order valence-corrected chi connectivity index (χ1v) is 5.49. The van der Waals surface area contributed by atoms with Gasteiger partial charge in [-0.25, -0.2) is 4.98 Å². The van der Waals surface area contributed by atoms with E-state index in [2.05, 4.69) is 15.2 Å². The number of aromatic amines is 1. The van der Waals surface area contributed by atoms with Crippen molar-refractivity contribution in [3.63, 3.8) is 0 Å². The van der Waals surface area contributed by atoms with Gasteiger partial charge in [-0.15, -0.1) is 0 Å². The Morgan fingerprint density at radius 1 is 1.62 bits per heavy atom. The second kappa shape index (κ2) is 3.01. The van der Waals surface area contributed by atoms with E-state index >= 15 is 0 Å². The van der Waals surface area contributed by atoms with Crippen LogP contribution < -0.4 is 5.73 Å². The van der Waals surface area contributed by atoms with Gasteiger partial charge in [0, 0.05) is 0 Å². The van der Waals surface area contributed by atoms with Crippen molar-refractivity contribution >= 4 is 45.4 Å². The molecule has 0 amide bonds. The summed E-state index contributed by atoms with van der Waals surface area (Å²) in [5.74, 6) is 0.336. The third-order valence-electron chi connectivity index (χ3n) is 2.22. The van der Waals surface area contributed by atoms with Crippen LogP contribution in [0, 0.1) is 16.0 Å². The molecule has 3 aromatic rings. The first kappa shape index (κ1) is 9.26. The standard InChI is InChI=1S/C8H4N6S2/c9-1-4-5(10)14-7(15)3-2-11-13-6(3)12-8(14)16-4/h2H,10H2,(H,11,13). The highest BCUT2D eigenvalue weighted by Crippen LogP contribution is 2.26. The summed E-state index contributed by atoms with van der Waals surface area (Å²) in [6, 6.07) is 2.02. The Labute approximate surface area is 98.0 Å². The van der Waals surface area contributed by atoms with Crippen LogP contribution in [0.25, 0.3) is 16.0 Å². The molecular formula is C8H4N6S2. The van der Waals surface area contributed by atoms with Gasteiger partial charge >= 0.3 is 0 Å². The number of anilines is 1. The molecule has 0 unspecified atom stereocenters. The van der Waals surface area contributed by atoms with Gasteiger partial charge in [0.05, 0.1) is 11.6 Å². The second-order valence-electron chi connectivity index (χ2n) is 3.10. The summed E-state index contributed by atoms with van der Waals surface area (Å²) in [6.07, 6.45) is 1.60. The fourth-order valence-corrected chi connectivity index (χ4v) is 2.71. The number of nitriles is 1. The second-order valence-corrected chi connectivity index (χ2v) is 4.46. The van der Waals surface area contributed by atoms with Crippen LogP contribution in [-0.2, 0) is 0 Å². The monoisotopic (exact) mass is 248 g/mol. The first-order valence-electron chi connectivity index (χ1n) is 4.26. The maximum absolute atomic E-state index is 8.88. The normalized spacial score (nSPS) is 10.9. The Balaban J connectivity index is 2.66. The summed E-state index contributed by atoms with van der Waals surface area (Å²) in [5.41, 5.74) is 6.43. The fraction of sp³-hybridized carbons (Fsp3) is 0. The molecule has 3 rings (SSSR count). The van der Waals surface area contributed by atoms with Crippen LogP contribution in [0.15, 0.2) is 6.20 Å². The Morgan fingerprint density at radius 2 is 2.44 bits per heavy atom. The number of nitrogen functional groups attached to an aromatic ring is 1. The van der Waals surface area contributed by atoms with Gasteiger partial charge in [-0.2, -0.15) is 10.4 Å². The van der Waals surface area contributed by atoms with E-state index in [0.717, 1.165) is 5.39 Å². The third kappa shape index (κ3) is 1.01. The number of hydrogen-bond donors (Lipinski definition) is 2. The number of nitrogens with zero attached hydrogens (tertiary/aromatic N) is 4. The number of fused-ring (bicyclic) bond motifs is 2. The average molecular weight is 248 g/mol. The summed E-state index contributed by atoms with van der Waals surface area (Å²) in [6.45, 7) is 0. The van der Waals surface area contributed by atoms with Gasteiger partial charge in [-0.1, -0.05) is 23.6 Å². The minimum atomic E-state index is 0.336. The number of aromatic nitrogens is 4. The molecule has 0 bridgehead atoms. The van der Waals surface area contributed by atoms with Crippen molar-refractivity contribution in [1.29, 1.82) is 5.26 Å². The summed E-state index contributed by atoms with van der Waals surface area (Å²) in [7, 11) is 0. The highest BCUT2D eigenvalue weighted by Gasteiger charge is 2.13. The van der Waals surface area contributed by atoms with Crippen LogP contribution in [-0.4, -0.2) is 19.6 Å². The molecule has 3 heterocycles. The Bertz CT molecular complexity index is 801. The smallest absolute Gasteiger partial charge is 0.199 e. The van der Waals surface area contributed by atoms with Gasteiger partial charge < -0.3 is 5.73 Å². The van der Waals surface area contributed by atoms with E-state index < -0.39 is 0 Å². The highest BCUT2D eigenvalue weighted by atomic mass is 32.1. The van der Waals surface area contributed by atoms with Crippen molar-refractivity contribution in [2.45, 2.75) is 0 Å². The topological polar surface area (TPSA) is 95.8 Å². The molecule has 16 heavy (non-hydrogen) atoms. The van der Waals surface area contributed by atoms with E-state index in [1.807, 2.05) is 6.07 Å². The molecule has 6 nitrogen and oxygen atoms in total. The predicted octanol–water partition coefficient (Wildman–Crippen LogP) is 1.46. The zero-order chi connectivity index (χ0) is 11.3. The maximum Gasteiger partial charge on any atom is 0.199 e. The number of hydrogen-bond acceptors (Lipinski definition) is 6. The molecule has 0 aliphatic rings. The molecule has 0 spiro atoms. The van der Waals surface area contributed by atoms with Crippen molar-refractivity contribution in [3.05, 3.63) is 15.7 Å². The molecule has 0 saturated heterocycles. The molecule has 3 N–H and O–H groups in total. The number of H-pyrrole nitrogens is 1. The van der Waals surface area contributed by atoms with E-state index in [1.54, 1.807) is 10.6 Å². The molecule has 3 aromatic heterocycles. The van der Waals surface area contributed by atoms with Gasteiger partial charge in [0.1, 0.15) is 21.4 Å². The number of nitrogens with two attached hydrogens (primary N) is 1. The van der Waals surface area contributed by atoms with Crippen molar-refractivity contribution in [2.24, 2.45) is 0 Å². The SMILES string of the molecule is N#Cc1sc2nc3[nH]ncc3c(=S)n2c1N. The van der Waals surface area contributed by atoms with E-state index in [1.165, 1.54) is 11.3 Å². The molecule has 0 aliphatic carbocycles. The van der Waals surface area contributed by atoms with E-state index in [0.29, 0.717) is 25.9 Å². The summed E-state index contributed by atoms with van der Waals surface area (Å²) in [4.78, 5) is 5.30. The van der Waals surface area contributed by atoms with Crippen molar-refractivity contribution in [3.8, 4) is 6.07 Å². The largest absolute Gasteiger partial charge is 0.383 e. The van der Waals surface area contributed by atoms with E-state index in [4.69, 9.17) is 23.2 Å². The average Bonchev–Trinajstić information content (AvgIpc) is 2.84. The Hall–Kier alpha value is -1.98. The lowest BCUT2D eigenvalue weighted by atomic mass is 10.4. The van der Waals surface area contributed by atoms with Crippen LogP contribution in [0.3, 0.4) is 0 Å². The fourth-order valence-electron chi connectivity index (χ4n) is 1.48. The van der Waals surface area contributed by atoms with Crippen LogP contribution in [0.2, 0.25) is 0 Å². The Morgan fingerprint density at radius 3 is 3.19 bits per heavy atom. The molecule has 0 atom stereocenters. The zero-order valence-electron chi connectivity index (χ0n) is 7.76. The van der Waals surface area contributed by atoms with Gasteiger partial charge in [-0.05, 0) is 0 Å². The molecule has 78 valence electrons. The van der Waals surface area contributed by atoms with Gasteiger partial charge in [0.2, 0.25) is 0 Å². The quantitative estimate of drug-likeness (QED) is 0.587. The van der Waals surface area contributed by atoms with Crippen LogP contribution >= 0.6 is 23.6 Å². The molecular weight excluding hydrogens is 244 g/mol. The lowest BCUT2D eigenvalue weighted by molar-refractivity contribution is 1.09. The molecule has 0 aliphatic heterocycles. The molecule has 0 saturated carbocycles. The van der Waals surface area contributed by atoms with Crippen molar-refractivity contribution in [1.82, 2.24) is 19.6 Å². The van der Waals surface area contributed by atoms with E-state index in [9.17, 15) is 0 Å². The number of nitrogens with one attached hydrogen (secondary N) is 1. The van der Waals surface area contributed by atoms with Crippen LogP contribution in [0.4, 0.5) is 5.82 Å². The number of rotatable bonds is 0. The maximum atomic E-state index is 8.88. The molecule has 8 heteroatoms. The van der Waals surface area contributed by atoms with Gasteiger partial charge in [0.25, 0.3) is 0 Å². The summed E-state index contributed by atoms with van der Waals surface area (Å²) < 4.78 is 2.11. The van der Waals surface area contributed by atoms with Crippen LogP contribution in [0.1, 0.15) is 4.88 Å². The van der Waals surface area contributed by atoms with Crippen molar-refractivity contribution < 1.29 is 0 Å². The minimum absolute atomic E-state index is 0.336. The number of thiazole rings is 1. The molecule has 0 fully saturated rings. The summed E-state index contributed by atoms with van der Waals surface area (Å²) in [5, 5.41) is 16.2. The van der Waals surface area contributed by atoms with E-state index in [-0.39, 0.29) is 0 Å². The lowest BCUT2D eigenvalue weighted by Crippen LogP contribution is -1.97. The highest BCUT2D eigenvalue weighted by molar-refractivity contribution is 7.71. The lowest BCUT2D eigenvalue weighted by Gasteiger charge is -1.96. The Kier molecular flexibility index (Phi) is 1.74. The first-order chi connectivity index (χ1) is 7.72. The minimum Gasteiger partial charge on any atom is -0.383 e. The third-order valence-corrected chi connectivity index (χ3v) is 3.58. The zero-order valence-corrected chi connectivity index (χ0v) is 9.39. The van der Waals surface area contributed by atoms with Crippen LogP contribution in [0.5, 0.6) is 0 Å². The predicted molar refractivity (Wildman–Crippen MR) is 62.7 cm³/mol. The van der Waals surface area contributed by atoms with Gasteiger partial charge in [0.15, 0.2) is 10.6 Å². The van der Waals surface area contributed by atoms with Gasteiger partial charge in [-0.3, -0.25) is 9.50 Å². The summed E-state index contributed by atoms with van der Waals surface area (Å²) >= 11 is 6.49. The van der Waals surface area contributed by atoms with Crippen molar-refractivity contribution in [2.75, 3.05) is 5.73 Å². The molecule has 0 aromatic carbocycles. The molecule has 0 radical (unpaired) electrons.